The lowest BCUT2D eigenvalue weighted by Crippen LogP contribution is -2.45. The minimum Gasteiger partial charge on any atom is -0.379 e. The highest BCUT2D eigenvalue weighted by atomic mass is 16.5. The van der Waals surface area contributed by atoms with Crippen molar-refractivity contribution >= 4 is 5.96 Å². The maximum Gasteiger partial charge on any atom is 0.191 e. The van der Waals surface area contributed by atoms with Crippen LogP contribution in [0, 0.1) is 5.41 Å². The van der Waals surface area contributed by atoms with Gasteiger partial charge in [0.1, 0.15) is 0 Å². The van der Waals surface area contributed by atoms with E-state index in [0.717, 1.165) is 12.5 Å². The second-order valence-corrected chi connectivity index (χ2v) is 4.71. The first kappa shape index (κ1) is 15.0. The van der Waals surface area contributed by atoms with Crippen molar-refractivity contribution in [1.29, 1.82) is 0 Å². The highest BCUT2D eigenvalue weighted by molar-refractivity contribution is 5.79. The van der Waals surface area contributed by atoms with Gasteiger partial charge in [0.15, 0.2) is 5.96 Å². The lowest BCUT2D eigenvalue weighted by molar-refractivity contribution is 0.0205. The third-order valence-corrected chi connectivity index (χ3v) is 2.34. The quantitative estimate of drug-likeness (QED) is 0.424. The molecule has 0 aromatic rings. The molecule has 0 aromatic carbocycles. The summed E-state index contributed by atoms with van der Waals surface area (Å²) in [4.78, 5) is 4.10. The van der Waals surface area contributed by atoms with Crippen LogP contribution in [0.1, 0.15) is 20.8 Å². The molecule has 0 amide bonds. The molecule has 1 unspecified atom stereocenters. The van der Waals surface area contributed by atoms with Crippen LogP contribution in [0.5, 0.6) is 0 Å². The zero-order valence-electron chi connectivity index (χ0n) is 11.1. The number of methoxy groups -OCH3 is 1. The summed E-state index contributed by atoms with van der Waals surface area (Å²) < 4.78 is 5.45. The maximum absolute atomic E-state index is 5.45. The second-order valence-electron chi connectivity index (χ2n) is 4.71. The summed E-state index contributed by atoms with van der Waals surface area (Å²) in [5, 5.41) is 6.34. The van der Waals surface area contributed by atoms with Crippen molar-refractivity contribution in [3.63, 3.8) is 0 Å². The van der Waals surface area contributed by atoms with Gasteiger partial charge >= 0.3 is 0 Å². The Balaban J connectivity index is 4.14. The predicted molar refractivity (Wildman–Crippen MR) is 69.8 cm³/mol. The second kappa shape index (κ2) is 7.28. The zero-order valence-corrected chi connectivity index (χ0v) is 11.1. The van der Waals surface area contributed by atoms with Gasteiger partial charge in [-0.05, 0) is 5.41 Å². The van der Waals surface area contributed by atoms with E-state index < -0.39 is 0 Å². The third-order valence-electron chi connectivity index (χ3n) is 2.34. The minimum absolute atomic E-state index is 0.110. The van der Waals surface area contributed by atoms with Crippen molar-refractivity contribution in [2.75, 3.05) is 27.2 Å². The summed E-state index contributed by atoms with van der Waals surface area (Å²) in [5.74, 6) is 0.770. The van der Waals surface area contributed by atoms with Crippen molar-refractivity contribution in [3.05, 3.63) is 12.7 Å². The van der Waals surface area contributed by atoms with E-state index in [0.29, 0.717) is 6.54 Å². The first-order valence-electron chi connectivity index (χ1n) is 5.54. The van der Waals surface area contributed by atoms with E-state index in [4.69, 9.17) is 4.74 Å². The minimum atomic E-state index is 0.110. The van der Waals surface area contributed by atoms with Crippen molar-refractivity contribution in [3.8, 4) is 0 Å². The predicted octanol–water partition coefficient (Wildman–Crippen LogP) is 1.40. The molecule has 0 radical (unpaired) electrons. The average molecular weight is 227 g/mol. The van der Waals surface area contributed by atoms with Crippen molar-refractivity contribution in [2.45, 2.75) is 26.9 Å². The summed E-state index contributed by atoms with van der Waals surface area (Å²) in [6.07, 6.45) is 1.94. The Hall–Kier alpha value is -1.03. The van der Waals surface area contributed by atoms with E-state index in [1.54, 1.807) is 20.2 Å². The van der Waals surface area contributed by atoms with Crippen molar-refractivity contribution < 1.29 is 4.74 Å². The Kier molecular flexibility index (Phi) is 6.81. The number of guanidine groups is 1. The molecule has 0 saturated carbocycles. The molecule has 0 heterocycles. The van der Waals surface area contributed by atoms with Crippen LogP contribution in [0.3, 0.4) is 0 Å². The Morgan fingerprint density at radius 2 is 2.06 bits per heavy atom. The van der Waals surface area contributed by atoms with Gasteiger partial charge in [-0.3, -0.25) is 4.99 Å². The van der Waals surface area contributed by atoms with Crippen LogP contribution >= 0.6 is 0 Å². The number of ether oxygens (including phenoxy) is 1. The standard InChI is InChI=1S/C12H25N3O/c1-7-8-14-11(13-5)15-9-10(16-6)12(2,3)4/h7,10H,1,8-9H2,2-6H3,(H2,13,14,15). The molecule has 0 aliphatic rings. The van der Waals surface area contributed by atoms with Gasteiger partial charge < -0.3 is 15.4 Å². The number of hydrogen-bond donors (Lipinski definition) is 2. The Morgan fingerprint density at radius 3 is 2.44 bits per heavy atom. The fourth-order valence-electron chi connectivity index (χ4n) is 1.32. The molecule has 0 bridgehead atoms. The van der Waals surface area contributed by atoms with Crippen LogP contribution in [-0.4, -0.2) is 39.3 Å². The van der Waals surface area contributed by atoms with E-state index in [1.165, 1.54) is 0 Å². The average Bonchev–Trinajstić information content (AvgIpc) is 2.21. The first-order valence-corrected chi connectivity index (χ1v) is 5.54. The van der Waals surface area contributed by atoms with Crippen LogP contribution in [0.15, 0.2) is 17.6 Å². The highest BCUT2D eigenvalue weighted by Crippen LogP contribution is 2.20. The van der Waals surface area contributed by atoms with Gasteiger partial charge in [0.25, 0.3) is 0 Å². The number of hydrogen-bond acceptors (Lipinski definition) is 2. The number of aliphatic imine (C=N–C) groups is 1. The van der Waals surface area contributed by atoms with Crippen LogP contribution in [0.25, 0.3) is 0 Å². The topological polar surface area (TPSA) is 45.7 Å². The molecule has 0 aliphatic heterocycles. The van der Waals surface area contributed by atoms with E-state index in [2.05, 4.69) is 43.0 Å². The zero-order chi connectivity index (χ0) is 12.6. The van der Waals surface area contributed by atoms with Gasteiger partial charge in [-0.1, -0.05) is 26.8 Å². The maximum atomic E-state index is 5.45. The first-order chi connectivity index (χ1) is 7.45. The fourth-order valence-corrected chi connectivity index (χ4v) is 1.32. The lowest BCUT2D eigenvalue weighted by atomic mass is 9.89. The van der Waals surface area contributed by atoms with Crippen LogP contribution in [0.2, 0.25) is 0 Å². The molecule has 0 saturated heterocycles. The smallest absolute Gasteiger partial charge is 0.191 e. The summed E-state index contributed by atoms with van der Waals surface area (Å²) >= 11 is 0. The van der Waals surface area contributed by atoms with Crippen molar-refractivity contribution in [1.82, 2.24) is 10.6 Å². The number of rotatable bonds is 5. The largest absolute Gasteiger partial charge is 0.379 e. The number of nitrogens with one attached hydrogen (secondary N) is 2. The molecular weight excluding hydrogens is 202 g/mol. The van der Waals surface area contributed by atoms with Crippen LogP contribution in [-0.2, 0) is 4.74 Å². The molecule has 2 N–H and O–H groups in total. The SMILES string of the molecule is C=CCNC(=NC)NCC(OC)C(C)(C)C. The third kappa shape index (κ3) is 5.75. The molecule has 0 rings (SSSR count). The monoisotopic (exact) mass is 227 g/mol. The Bertz CT molecular complexity index is 231. The van der Waals surface area contributed by atoms with E-state index in [9.17, 15) is 0 Å². The Morgan fingerprint density at radius 1 is 1.44 bits per heavy atom. The lowest BCUT2D eigenvalue weighted by Gasteiger charge is -2.29. The van der Waals surface area contributed by atoms with Gasteiger partial charge in [0.2, 0.25) is 0 Å². The highest BCUT2D eigenvalue weighted by Gasteiger charge is 2.24. The van der Waals surface area contributed by atoms with Gasteiger partial charge in [0.05, 0.1) is 6.10 Å². The molecule has 0 spiro atoms. The van der Waals surface area contributed by atoms with Gasteiger partial charge in [-0.25, -0.2) is 0 Å². The fraction of sp³-hybridized carbons (Fsp3) is 0.750. The van der Waals surface area contributed by atoms with Crippen molar-refractivity contribution in [2.24, 2.45) is 10.4 Å². The Labute approximate surface area is 99.2 Å². The van der Waals surface area contributed by atoms with Crippen LogP contribution in [0.4, 0.5) is 0 Å². The summed E-state index contributed by atoms with van der Waals surface area (Å²) in [7, 11) is 3.48. The molecule has 1 atom stereocenters. The van der Waals surface area contributed by atoms with E-state index in [-0.39, 0.29) is 11.5 Å². The molecule has 16 heavy (non-hydrogen) atoms. The molecule has 0 aromatic heterocycles. The molecule has 94 valence electrons. The molecule has 0 fully saturated rings. The molecule has 4 nitrogen and oxygen atoms in total. The van der Waals surface area contributed by atoms with Gasteiger partial charge in [0, 0.05) is 27.2 Å². The van der Waals surface area contributed by atoms with Crippen LogP contribution < -0.4 is 10.6 Å². The van der Waals surface area contributed by atoms with E-state index in [1.807, 2.05) is 0 Å². The number of nitrogens with zero attached hydrogens (tertiary/aromatic N) is 1. The molecule has 4 heteroatoms. The van der Waals surface area contributed by atoms with E-state index >= 15 is 0 Å². The molecular formula is C12H25N3O. The molecule has 0 aliphatic carbocycles. The van der Waals surface area contributed by atoms with Gasteiger partial charge in [-0.15, -0.1) is 6.58 Å². The summed E-state index contributed by atoms with van der Waals surface area (Å²) in [5.41, 5.74) is 0.110. The van der Waals surface area contributed by atoms with Gasteiger partial charge in [-0.2, -0.15) is 0 Å². The summed E-state index contributed by atoms with van der Waals surface area (Å²) in [6.45, 7) is 11.5. The normalized spacial score (nSPS) is 14.4. The summed E-state index contributed by atoms with van der Waals surface area (Å²) in [6, 6.07) is 0.